The number of phenolic OH excluding ortho intramolecular Hbond substituents is 1. The molecule has 0 saturated heterocycles. The summed E-state index contributed by atoms with van der Waals surface area (Å²) in [5.41, 5.74) is 6.12. The molecule has 0 radical (unpaired) electrons. The lowest BCUT2D eigenvalue weighted by Gasteiger charge is -2.22. The van der Waals surface area contributed by atoms with Crippen molar-refractivity contribution in [2.45, 2.75) is 12.7 Å². The van der Waals surface area contributed by atoms with Crippen molar-refractivity contribution in [3.63, 3.8) is 0 Å². The van der Waals surface area contributed by atoms with E-state index >= 15 is 0 Å². The van der Waals surface area contributed by atoms with Crippen LogP contribution in [0.1, 0.15) is 5.56 Å². The van der Waals surface area contributed by atoms with Gasteiger partial charge in [-0.25, -0.2) is 0 Å². The van der Waals surface area contributed by atoms with Crippen LogP contribution in [-0.2, 0) is 6.54 Å². The van der Waals surface area contributed by atoms with E-state index in [-0.39, 0.29) is 31.1 Å². The molecular formula is C11H15F3N2O2. The number of alkyl halides is 3. The van der Waals surface area contributed by atoms with Gasteiger partial charge >= 0.3 is 6.18 Å². The van der Waals surface area contributed by atoms with Crippen LogP contribution >= 0.6 is 0 Å². The monoisotopic (exact) mass is 264 g/mol. The minimum absolute atomic E-state index is 0.00451. The van der Waals surface area contributed by atoms with Crippen LogP contribution in [0.4, 0.5) is 18.9 Å². The van der Waals surface area contributed by atoms with Gasteiger partial charge < -0.3 is 15.9 Å². The molecular weight excluding hydrogens is 249 g/mol. The van der Waals surface area contributed by atoms with Crippen LogP contribution in [0.5, 0.6) is 5.75 Å². The largest absolute Gasteiger partial charge is 0.506 e. The standard InChI is InChI=1S/C11H15F3N2O2/c12-11(13,14)7-16(3-4-17)6-8-1-2-10(18)9(15)5-8/h1-2,5,17-18H,3-4,6-7,15H2. The first-order valence-electron chi connectivity index (χ1n) is 5.29. The summed E-state index contributed by atoms with van der Waals surface area (Å²) < 4.78 is 36.9. The predicted octanol–water partition coefficient (Wildman–Crippen LogP) is 1.33. The molecule has 0 saturated carbocycles. The Morgan fingerprint density at radius 1 is 1.28 bits per heavy atom. The minimum Gasteiger partial charge on any atom is -0.506 e. The first-order valence-corrected chi connectivity index (χ1v) is 5.29. The Morgan fingerprint density at radius 2 is 1.94 bits per heavy atom. The molecule has 1 aromatic rings. The molecule has 0 aromatic heterocycles. The normalized spacial score (nSPS) is 12.1. The first-order chi connectivity index (χ1) is 8.31. The fraction of sp³-hybridized carbons (Fsp3) is 0.455. The molecule has 0 fully saturated rings. The van der Waals surface area contributed by atoms with Crippen molar-refractivity contribution in [1.29, 1.82) is 0 Å². The predicted molar refractivity (Wildman–Crippen MR) is 60.9 cm³/mol. The van der Waals surface area contributed by atoms with Crippen molar-refractivity contribution in [3.8, 4) is 5.75 Å². The van der Waals surface area contributed by atoms with Gasteiger partial charge in [-0.3, -0.25) is 4.90 Å². The number of aromatic hydroxyl groups is 1. The third kappa shape index (κ3) is 4.80. The molecule has 0 bridgehead atoms. The zero-order chi connectivity index (χ0) is 13.8. The number of anilines is 1. The number of aliphatic hydroxyl groups excluding tert-OH is 1. The third-order valence-corrected chi connectivity index (χ3v) is 2.32. The number of nitrogen functional groups attached to an aromatic ring is 1. The van der Waals surface area contributed by atoms with Gasteiger partial charge in [-0.1, -0.05) is 6.07 Å². The van der Waals surface area contributed by atoms with Gasteiger partial charge in [0, 0.05) is 13.1 Å². The molecule has 1 rings (SSSR count). The average molecular weight is 264 g/mol. The van der Waals surface area contributed by atoms with E-state index in [1.807, 2.05) is 0 Å². The van der Waals surface area contributed by atoms with E-state index in [9.17, 15) is 18.3 Å². The van der Waals surface area contributed by atoms with E-state index in [4.69, 9.17) is 10.8 Å². The molecule has 102 valence electrons. The van der Waals surface area contributed by atoms with Gasteiger partial charge in [0.05, 0.1) is 18.8 Å². The maximum absolute atomic E-state index is 12.3. The second kappa shape index (κ2) is 5.92. The maximum Gasteiger partial charge on any atom is 0.401 e. The van der Waals surface area contributed by atoms with Gasteiger partial charge in [0.1, 0.15) is 5.75 Å². The minimum atomic E-state index is -4.32. The average Bonchev–Trinajstić information content (AvgIpc) is 2.21. The highest BCUT2D eigenvalue weighted by atomic mass is 19.4. The topological polar surface area (TPSA) is 69.7 Å². The number of aliphatic hydroxyl groups is 1. The number of benzene rings is 1. The van der Waals surface area contributed by atoms with Crippen LogP contribution in [-0.4, -0.2) is 41.0 Å². The highest BCUT2D eigenvalue weighted by Gasteiger charge is 2.30. The van der Waals surface area contributed by atoms with Crippen LogP contribution < -0.4 is 5.73 Å². The first kappa shape index (κ1) is 14.6. The molecule has 0 aliphatic carbocycles. The zero-order valence-electron chi connectivity index (χ0n) is 9.61. The van der Waals surface area contributed by atoms with Gasteiger partial charge in [-0.05, 0) is 17.7 Å². The second-order valence-corrected chi connectivity index (χ2v) is 3.94. The van der Waals surface area contributed by atoms with E-state index < -0.39 is 12.7 Å². The molecule has 7 heteroatoms. The van der Waals surface area contributed by atoms with Crippen LogP contribution in [0.2, 0.25) is 0 Å². The molecule has 18 heavy (non-hydrogen) atoms. The summed E-state index contributed by atoms with van der Waals surface area (Å²) in [6.45, 7) is -1.54. The van der Waals surface area contributed by atoms with Crippen molar-refractivity contribution in [2.75, 3.05) is 25.4 Å². The Kier molecular flexibility index (Phi) is 4.80. The van der Waals surface area contributed by atoms with Gasteiger partial charge in [-0.15, -0.1) is 0 Å². The Morgan fingerprint density at radius 3 is 2.44 bits per heavy atom. The summed E-state index contributed by atoms with van der Waals surface area (Å²) >= 11 is 0. The van der Waals surface area contributed by atoms with Crippen molar-refractivity contribution >= 4 is 5.69 Å². The van der Waals surface area contributed by atoms with Crippen LogP contribution in [0, 0.1) is 0 Å². The number of halogens is 3. The fourth-order valence-electron chi connectivity index (χ4n) is 1.57. The number of hydrogen-bond donors (Lipinski definition) is 3. The van der Waals surface area contributed by atoms with Gasteiger partial charge in [0.15, 0.2) is 0 Å². The van der Waals surface area contributed by atoms with Gasteiger partial charge in [-0.2, -0.15) is 13.2 Å². The highest BCUT2D eigenvalue weighted by molar-refractivity contribution is 5.53. The second-order valence-electron chi connectivity index (χ2n) is 3.94. The summed E-state index contributed by atoms with van der Waals surface area (Å²) in [5, 5.41) is 17.9. The summed E-state index contributed by atoms with van der Waals surface area (Å²) in [6.07, 6.45) is -4.32. The summed E-state index contributed by atoms with van der Waals surface area (Å²) in [4.78, 5) is 1.06. The van der Waals surface area contributed by atoms with E-state index in [1.54, 1.807) is 0 Å². The number of phenols is 1. The molecule has 4 N–H and O–H groups in total. The van der Waals surface area contributed by atoms with Crippen molar-refractivity contribution < 1.29 is 23.4 Å². The van der Waals surface area contributed by atoms with Crippen LogP contribution in [0.15, 0.2) is 18.2 Å². The molecule has 0 aliphatic rings. The lowest BCUT2D eigenvalue weighted by molar-refractivity contribution is -0.147. The van der Waals surface area contributed by atoms with E-state index in [0.29, 0.717) is 5.56 Å². The Balaban J connectivity index is 2.73. The summed E-state index contributed by atoms with van der Waals surface area (Å²) in [6, 6.07) is 4.23. The van der Waals surface area contributed by atoms with Crippen molar-refractivity contribution in [3.05, 3.63) is 23.8 Å². The van der Waals surface area contributed by atoms with Crippen molar-refractivity contribution in [2.24, 2.45) is 0 Å². The molecule has 4 nitrogen and oxygen atoms in total. The molecule has 0 heterocycles. The quantitative estimate of drug-likeness (QED) is 0.554. The lowest BCUT2D eigenvalue weighted by atomic mass is 10.1. The van der Waals surface area contributed by atoms with Gasteiger partial charge in [0.25, 0.3) is 0 Å². The van der Waals surface area contributed by atoms with E-state index in [2.05, 4.69) is 0 Å². The molecule has 0 aliphatic heterocycles. The third-order valence-electron chi connectivity index (χ3n) is 2.32. The number of nitrogens with zero attached hydrogens (tertiary/aromatic N) is 1. The number of rotatable bonds is 5. The Hall–Kier alpha value is -1.47. The SMILES string of the molecule is Nc1cc(CN(CCO)CC(F)(F)F)ccc1O. The highest BCUT2D eigenvalue weighted by Crippen LogP contribution is 2.22. The molecule has 0 atom stereocenters. The molecule has 0 amide bonds. The maximum atomic E-state index is 12.3. The lowest BCUT2D eigenvalue weighted by Crippen LogP contribution is -2.35. The fourth-order valence-corrected chi connectivity index (χ4v) is 1.57. The van der Waals surface area contributed by atoms with Crippen LogP contribution in [0.3, 0.4) is 0 Å². The summed E-state index contributed by atoms with van der Waals surface area (Å²) in [5.74, 6) is -0.108. The van der Waals surface area contributed by atoms with Gasteiger partial charge in [0.2, 0.25) is 0 Å². The smallest absolute Gasteiger partial charge is 0.401 e. The van der Waals surface area contributed by atoms with E-state index in [1.165, 1.54) is 18.2 Å². The number of hydrogen-bond acceptors (Lipinski definition) is 4. The van der Waals surface area contributed by atoms with Crippen molar-refractivity contribution in [1.82, 2.24) is 4.90 Å². The zero-order valence-corrected chi connectivity index (χ0v) is 9.61. The molecule has 0 spiro atoms. The van der Waals surface area contributed by atoms with E-state index in [0.717, 1.165) is 4.90 Å². The molecule has 1 aromatic carbocycles. The summed E-state index contributed by atoms with van der Waals surface area (Å²) in [7, 11) is 0. The Labute approximate surface area is 102 Å². The van der Waals surface area contributed by atoms with Crippen LogP contribution in [0.25, 0.3) is 0 Å². The Bertz CT molecular complexity index is 396. The molecule has 0 unspecified atom stereocenters. The number of nitrogens with two attached hydrogens (primary N) is 1.